The highest BCUT2D eigenvalue weighted by Crippen LogP contribution is 2.18. The molecule has 3 rings (SSSR count). The maximum atomic E-state index is 12.5. The normalized spacial score (nSPS) is 19.9. The van der Waals surface area contributed by atoms with Gasteiger partial charge in [0.05, 0.1) is 24.5 Å². The minimum atomic E-state index is -3.62. The van der Waals surface area contributed by atoms with E-state index in [2.05, 4.69) is 17.0 Å². The number of hydrogen-bond acceptors (Lipinski definition) is 3. The highest BCUT2D eigenvalue weighted by atomic mass is 32.2. The number of likely N-dealkylation sites (tertiary alicyclic amines) is 1. The number of nitrogens with one attached hydrogen (secondary N) is 3. The molecule has 0 aliphatic carbocycles. The molecule has 29 heavy (non-hydrogen) atoms. The predicted molar refractivity (Wildman–Crippen MR) is 115 cm³/mol. The predicted octanol–water partition coefficient (Wildman–Crippen LogP) is 1.33. The average molecular weight is 419 g/mol. The number of quaternary nitrogens is 1. The Balaban J connectivity index is 1.36. The van der Waals surface area contributed by atoms with Crippen LogP contribution in [0.15, 0.2) is 47.4 Å². The fourth-order valence-electron chi connectivity index (χ4n) is 3.79. The van der Waals surface area contributed by atoms with Crippen LogP contribution >= 0.6 is 0 Å². The molecule has 1 aliphatic heterocycles. The number of fused-ring (bicyclic) bond motifs is 1. The van der Waals surface area contributed by atoms with Gasteiger partial charge in [-0.25, -0.2) is 13.1 Å². The van der Waals surface area contributed by atoms with Gasteiger partial charge in [0.15, 0.2) is 0 Å². The van der Waals surface area contributed by atoms with Crippen LogP contribution in [-0.4, -0.2) is 47.0 Å². The molecule has 1 heterocycles. The first-order valence-electron chi connectivity index (χ1n) is 10.5. The van der Waals surface area contributed by atoms with Crippen LogP contribution in [-0.2, 0) is 14.8 Å². The van der Waals surface area contributed by atoms with Gasteiger partial charge < -0.3 is 10.2 Å². The number of carbonyl (C=O) groups excluding carboxylic acids is 1. The molecule has 2 aromatic rings. The molecule has 158 valence electrons. The molecule has 0 saturated carbocycles. The van der Waals surface area contributed by atoms with Crippen LogP contribution in [0.5, 0.6) is 0 Å². The minimum Gasteiger partial charge on any atom is -0.356 e. The largest absolute Gasteiger partial charge is 0.356 e. The van der Waals surface area contributed by atoms with Crippen LogP contribution in [0, 0.1) is 5.92 Å². The van der Waals surface area contributed by atoms with Gasteiger partial charge in [-0.1, -0.05) is 37.3 Å². The molecule has 0 bridgehead atoms. The smallest absolute Gasteiger partial charge is 0.240 e. The van der Waals surface area contributed by atoms with Gasteiger partial charge in [-0.2, -0.15) is 0 Å². The van der Waals surface area contributed by atoms with Gasteiger partial charge in [0.1, 0.15) is 0 Å². The maximum absolute atomic E-state index is 12.5. The Morgan fingerprint density at radius 1 is 1.07 bits per heavy atom. The lowest BCUT2D eigenvalue weighted by atomic mass is 9.99. The Labute approximate surface area is 173 Å². The van der Waals surface area contributed by atoms with E-state index >= 15 is 0 Å². The summed E-state index contributed by atoms with van der Waals surface area (Å²) in [5.41, 5.74) is 0. The number of amides is 1. The van der Waals surface area contributed by atoms with Gasteiger partial charge in [0.25, 0.3) is 0 Å². The summed E-state index contributed by atoms with van der Waals surface area (Å²) in [6, 6.07) is 12.7. The molecule has 6 nitrogen and oxygen atoms in total. The monoisotopic (exact) mass is 418 g/mol. The van der Waals surface area contributed by atoms with E-state index in [1.165, 1.54) is 25.9 Å². The van der Waals surface area contributed by atoms with Crippen molar-refractivity contribution < 1.29 is 18.1 Å². The Morgan fingerprint density at radius 2 is 1.79 bits per heavy atom. The first kappa shape index (κ1) is 21.7. The molecule has 7 heteroatoms. The van der Waals surface area contributed by atoms with Crippen molar-refractivity contribution >= 4 is 26.7 Å². The number of benzene rings is 2. The zero-order valence-corrected chi connectivity index (χ0v) is 17.9. The number of sulfonamides is 1. The molecule has 0 aromatic heterocycles. The number of hydrogen-bond donors (Lipinski definition) is 3. The first-order chi connectivity index (χ1) is 13.9. The second-order valence-electron chi connectivity index (χ2n) is 8.04. The van der Waals surface area contributed by atoms with Crippen LogP contribution in [0.1, 0.15) is 32.6 Å². The molecule has 3 N–H and O–H groups in total. The van der Waals surface area contributed by atoms with Crippen LogP contribution in [0.2, 0.25) is 0 Å². The van der Waals surface area contributed by atoms with E-state index < -0.39 is 10.0 Å². The van der Waals surface area contributed by atoms with Crippen LogP contribution < -0.4 is 14.9 Å². The average Bonchev–Trinajstić information content (AvgIpc) is 2.72. The summed E-state index contributed by atoms with van der Waals surface area (Å²) in [7, 11) is -3.62. The van der Waals surface area contributed by atoms with Crippen LogP contribution in [0.3, 0.4) is 0 Å². The summed E-state index contributed by atoms with van der Waals surface area (Å²) in [5, 5.41) is 4.76. The number of carbonyl (C=O) groups is 1. The Hall–Kier alpha value is -1.96. The molecule has 2 aromatic carbocycles. The second-order valence-corrected chi connectivity index (χ2v) is 9.81. The lowest BCUT2D eigenvalue weighted by molar-refractivity contribution is -0.906. The zero-order valence-electron chi connectivity index (χ0n) is 17.1. The molecule has 1 aliphatic rings. The minimum absolute atomic E-state index is 0.0935. The van der Waals surface area contributed by atoms with Gasteiger partial charge in [-0.3, -0.25) is 4.79 Å². The van der Waals surface area contributed by atoms with Crippen molar-refractivity contribution in [2.24, 2.45) is 5.92 Å². The van der Waals surface area contributed by atoms with E-state index in [9.17, 15) is 13.2 Å². The third-order valence-electron chi connectivity index (χ3n) is 5.69. The summed E-state index contributed by atoms with van der Waals surface area (Å²) >= 11 is 0. The zero-order chi connectivity index (χ0) is 20.7. The molecular formula is C22H32N3O3S+. The quantitative estimate of drug-likeness (QED) is 0.538. The lowest BCUT2D eigenvalue weighted by Gasteiger charge is -2.27. The summed E-state index contributed by atoms with van der Waals surface area (Å²) in [6.07, 6.45) is 3.68. The first-order valence-corrected chi connectivity index (χ1v) is 12.0. The van der Waals surface area contributed by atoms with E-state index in [-0.39, 0.29) is 23.8 Å². The van der Waals surface area contributed by atoms with Crippen molar-refractivity contribution in [1.82, 2.24) is 10.0 Å². The number of piperidine rings is 1. The highest BCUT2D eigenvalue weighted by Gasteiger charge is 2.18. The molecule has 1 saturated heterocycles. The highest BCUT2D eigenvalue weighted by molar-refractivity contribution is 7.89. The summed E-state index contributed by atoms with van der Waals surface area (Å²) < 4.78 is 27.5. The third kappa shape index (κ3) is 6.52. The molecule has 0 spiro atoms. The topological polar surface area (TPSA) is 79.7 Å². The molecular weight excluding hydrogens is 386 g/mol. The van der Waals surface area contributed by atoms with Gasteiger partial charge in [-0.05, 0) is 41.7 Å². The van der Waals surface area contributed by atoms with Gasteiger partial charge in [-0.15, -0.1) is 0 Å². The molecule has 1 fully saturated rings. The Bertz CT molecular complexity index is 922. The van der Waals surface area contributed by atoms with Crippen molar-refractivity contribution in [2.75, 3.05) is 32.7 Å². The van der Waals surface area contributed by atoms with Crippen molar-refractivity contribution in [2.45, 2.75) is 37.5 Å². The Kier molecular flexibility index (Phi) is 7.64. The van der Waals surface area contributed by atoms with E-state index in [0.717, 1.165) is 29.7 Å². The van der Waals surface area contributed by atoms with Crippen molar-refractivity contribution in [3.8, 4) is 0 Å². The second kappa shape index (κ2) is 10.2. The van der Waals surface area contributed by atoms with Crippen molar-refractivity contribution in [1.29, 1.82) is 0 Å². The van der Waals surface area contributed by atoms with Crippen LogP contribution in [0.4, 0.5) is 0 Å². The standard InChI is InChI=1S/C22H31N3O3S/c1-18-10-15-25(16-11-18)14-4-12-23-22(26)9-13-24-29(27,28)21-8-7-19-5-2-3-6-20(19)17-21/h2-3,5-8,17-18,24H,4,9-16H2,1H3,(H,23,26)/p+1. The fraction of sp³-hybridized carbons (Fsp3) is 0.500. The van der Waals surface area contributed by atoms with E-state index in [4.69, 9.17) is 0 Å². The fourth-order valence-corrected chi connectivity index (χ4v) is 4.86. The Morgan fingerprint density at radius 3 is 2.55 bits per heavy atom. The van der Waals surface area contributed by atoms with E-state index in [1.54, 1.807) is 23.1 Å². The third-order valence-corrected chi connectivity index (χ3v) is 7.14. The molecule has 0 radical (unpaired) electrons. The number of rotatable bonds is 9. The molecule has 1 amide bonds. The molecule has 0 atom stereocenters. The van der Waals surface area contributed by atoms with Crippen molar-refractivity contribution in [3.05, 3.63) is 42.5 Å². The van der Waals surface area contributed by atoms with Gasteiger partial charge in [0, 0.05) is 25.9 Å². The van der Waals surface area contributed by atoms with Gasteiger partial charge >= 0.3 is 0 Å². The SMILES string of the molecule is CC1CC[NH+](CCCNC(=O)CCNS(=O)(=O)c2ccc3ccccc3c2)CC1. The van der Waals surface area contributed by atoms with Crippen molar-refractivity contribution in [3.63, 3.8) is 0 Å². The summed E-state index contributed by atoms with van der Waals surface area (Å²) in [6.45, 7) is 6.59. The summed E-state index contributed by atoms with van der Waals surface area (Å²) in [5.74, 6) is 0.727. The molecule has 0 unspecified atom stereocenters. The maximum Gasteiger partial charge on any atom is 0.240 e. The van der Waals surface area contributed by atoms with Crippen LogP contribution in [0.25, 0.3) is 10.8 Å². The van der Waals surface area contributed by atoms with E-state index in [1.807, 2.05) is 24.3 Å². The van der Waals surface area contributed by atoms with Gasteiger partial charge in [0.2, 0.25) is 15.9 Å². The summed E-state index contributed by atoms with van der Waals surface area (Å²) in [4.78, 5) is 13.8. The van der Waals surface area contributed by atoms with E-state index in [0.29, 0.717) is 6.54 Å². The lowest BCUT2D eigenvalue weighted by Crippen LogP contribution is -3.13.